The number of ketones is 1. The minimum atomic E-state index is -0.584. The molecule has 1 atom stereocenters. The number of aromatic nitrogens is 1. The second-order valence-corrected chi connectivity index (χ2v) is 9.30. The van der Waals surface area contributed by atoms with Crippen LogP contribution in [0.4, 0.5) is 0 Å². The number of phenolic OH excluding ortho intramolecular Hbond substituents is 1. The molecule has 0 aliphatic carbocycles. The van der Waals surface area contributed by atoms with Crippen LogP contribution in [0.2, 0.25) is 0 Å². The number of amides is 1. The van der Waals surface area contributed by atoms with Gasteiger partial charge in [-0.2, -0.15) is 0 Å². The van der Waals surface area contributed by atoms with Gasteiger partial charge in [0.1, 0.15) is 11.3 Å². The number of fused-ring (bicyclic) bond motifs is 2. The van der Waals surface area contributed by atoms with Crippen molar-refractivity contribution in [2.45, 2.75) is 32.2 Å². The molecule has 1 aromatic heterocycles. The van der Waals surface area contributed by atoms with E-state index in [-0.39, 0.29) is 17.4 Å². The van der Waals surface area contributed by atoms with Gasteiger partial charge in [0.25, 0.3) is 5.91 Å². The van der Waals surface area contributed by atoms with Crippen molar-refractivity contribution in [1.29, 1.82) is 0 Å². The first-order chi connectivity index (χ1) is 18.0. The Hall–Kier alpha value is -4.51. The Kier molecular flexibility index (Phi) is 6.95. The van der Waals surface area contributed by atoms with Crippen molar-refractivity contribution in [3.05, 3.63) is 108 Å². The summed E-state index contributed by atoms with van der Waals surface area (Å²) in [5.41, 5.74) is 3.80. The molecule has 184 valence electrons. The molecular weight excluding hydrogens is 460 g/mol. The van der Waals surface area contributed by atoms with E-state index in [9.17, 15) is 14.7 Å². The van der Waals surface area contributed by atoms with Crippen molar-refractivity contribution in [1.82, 2.24) is 10.3 Å². The second kappa shape index (κ2) is 10.6. The van der Waals surface area contributed by atoms with Crippen LogP contribution in [0.25, 0.3) is 32.8 Å². The lowest BCUT2D eigenvalue weighted by Crippen LogP contribution is -2.38. The standard InChI is InChI=1S/C32H28N2O3/c1-21(29(35)16-6-11-23-10-4-9-22-8-2-3-15-28(22)23)34-32(37)26-13-5-12-24(18-26)27-19-25-14-7-17-33-31(25)30(36)20-27/h2-5,7-10,12-15,17-21,36H,6,11,16H2,1H3,(H,34,37). The number of benzene rings is 4. The SMILES string of the molecule is CC(NC(=O)c1cccc(-c2cc(O)c3ncccc3c2)c1)C(=O)CCCc1cccc2ccccc12. The molecule has 0 saturated carbocycles. The molecule has 37 heavy (non-hydrogen) atoms. The van der Waals surface area contributed by atoms with Gasteiger partial charge in [-0.1, -0.05) is 60.7 Å². The molecule has 5 aromatic rings. The Labute approximate surface area is 215 Å². The van der Waals surface area contributed by atoms with Gasteiger partial charge in [-0.25, -0.2) is 0 Å². The topological polar surface area (TPSA) is 79.3 Å². The molecule has 4 aromatic carbocycles. The molecule has 0 aliphatic rings. The van der Waals surface area contributed by atoms with E-state index in [0.29, 0.717) is 17.5 Å². The third kappa shape index (κ3) is 5.36. The molecule has 2 N–H and O–H groups in total. The summed E-state index contributed by atoms with van der Waals surface area (Å²) < 4.78 is 0. The van der Waals surface area contributed by atoms with Gasteiger partial charge in [0.05, 0.1) is 6.04 Å². The van der Waals surface area contributed by atoms with Gasteiger partial charge in [-0.3, -0.25) is 14.6 Å². The Bertz CT molecular complexity index is 1600. The molecule has 5 heteroatoms. The maximum atomic E-state index is 12.9. The lowest BCUT2D eigenvalue weighted by atomic mass is 9.98. The molecule has 0 saturated heterocycles. The first-order valence-electron chi connectivity index (χ1n) is 12.5. The fourth-order valence-electron chi connectivity index (χ4n) is 4.72. The molecule has 0 radical (unpaired) electrons. The quantitative estimate of drug-likeness (QED) is 0.262. The highest BCUT2D eigenvalue weighted by atomic mass is 16.3. The highest BCUT2D eigenvalue weighted by Gasteiger charge is 2.17. The monoisotopic (exact) mass is 488 g/mol. The van der Waals surface area contributed by atoms with Crippen LogP contribution in [0.1, 0.15) is 35.7 Å². The molecule has 5 rings (SSSR count). The average molecular weight is 489 g/mol. The molecule has 5 nitrogen and oxygen atoms in total. The van der Waals surface area contributed by atoms with Gasteiger partial charge in [-0.15, -0.1) is 0 Å². The predicted molar refractivity (Wildman–Crippen MR) is 148 cm³/mol. The van der Waals surface area contributed by atoms with Gasteiger partial charge in [0, 0.05) is 23.6 Å². The lowest BCUT2D eigenvalue weighted by Gasteiger charge is -2.14. The number of phenols is 1. The molecule has 1 amide bonds. The Morgan fingerprint density at radius 3 is 2.54 bits per heavy atom. The number of aryl methyl sites for hydroxylation is 1. The number of aromatic hydroxyl groups is 1. The van der Waals surface area contributed by atoms with Crippen LogP contribution >= 0.6 is 0 Å². The van der Waals surface area contributed by atoms with Gasteiger partial charge in [0.15, 0.2) is 5.78 Å². The van der Waals surface area contributed by atoms with Crippen LogP contribution in [0.3, 0.4) is 0 Å². The third-order valence-corrected chi connectivity index (χ3v) is 6.72. The lowest BCUT2D eigenvalue weighted by molar-refractivity contribution is -0.120. The van der Waals surface area contributed by atoms with Crippen molar-refractivity contribution < 1.29 is 14.7 Å². The van der Waals surface area contributed by atoms with Gasteiger partial charge < -0.3 is 10.4 Å². The number of hydrogen-bond acceptors (Lipinski definition) is 4. The third-order valence-electron chi connectivity index (χ3n) is 6.72. The summed E-state index contributed by atoms with van der Waals surface area (Å²) in [6.07, 6.45) is 3.57. The number of pyridine rings is 1. The number of carbonyl (C=O) groups excluding carboxylic acids is 2. The van der Waals surface area contributed by atoms with Gasteiger partial charge in [-0.05, 0) is 77.6 Å². The predicted octanol–water partition coefficient (Wildman–Crippen LogP) is 6.47. The molecular formula is C32H28N2O3. The number of rotatable bonds is 8. The largest absolute Gasteiger partial charge is 0.506 e. The summed E-state index contributed by atoms with van der Waals surface area (Å²) in [5.74, 6) is -0.203. The van der Waals surface area contributed by atoms with Crippen LogP contribution in [-0.4, -0.2) is 27.8 Å². The highest BCUT2D eigenvalue weighted by Crippen LogP contribution is 2.31. The minimum Gasteiger partial charge on any atom is -0.506 e. The fraction of sp³-hybridized carbons (Fsp3) is 0.156. The average Bonchev–Trinajstić information content (AvgIpc) is 2.93. The fourth-order valence-corrected chi connectivity index (χ4v) is 4.72. The maximum absolute atomic E-state index is 12.9. The maximum Gasteiger partial charge on any atom is 0.251 e. The van der Waals surface area contributed by atoms with E-state index in [1.807, 2.05) is 42.5 Å². The van der Waals surface area contributed by atoms with E-state index in [2.05, 4.69) is 34.6 Å². The molecule has 0 aliphatic heterocycles. The van der Waals surface area contributed by atoms with Gasteiger partial charge >= 0.3 is 0 Å². The van der Waals surface area contributed by atoms with E-state index in [0.717, 1.165) is 29.4 Å². The normalized spacial score (nSPS) is 11.9. The number of nitrogens with one attached hydrogen (secondary N) is 1. The van der Waals surface area contributed by atoms with E-state index >= 15 is 0 Å². The molecule has 0 fully saturated rings. The van der Waals surface area contributed by atoms with Crippen molar-refractivity contribution in [2.75, 3.05) is 0 Å². The van der Waals surface area contributed by atoms with E-state index in [1.165, 1.54) is 16.3 Å². The summed E-state index contributed by atoms with van der Waals surface area (Å²) >= 11 is 0. The Morgan fingerprint density at radius 2 is 1.65 bits per heavy atom. The smallest absolute Gasteiger partial charge is 0.251 e. The molecule has 1 unspecified atom stereocenters. The van der Waals surface area contributed by atoms with Gasteiger partial charge in [0.2, 0.25) is 0 Å². The molecule has 1 heterocycles. The number of Topliss-reactive ketones (excluding diaryl/α,β-unsaturated/α-hetero) is 1. The minimum absolute atomic E-state index is 0.0108. The summed E-state index contributed by atoms with van der Waals surface area (Å²) in [6.45, 7) is 1.73. The van der Waals surface area contributed by atoms with Crippen LogP contribution < -0.4 is 5.32 Å². The zero-order chi connectivity index (χ0) is 25.8. The van der Waals surface area contributed by atoms with Crippen LogP contribution in [-0.2, 0) is 11.2 Å². The number of hydrogen-bond donors (Lipinski definition) is 2. The first-order valence-corrected chi connectivity index (χ1v) is 12.5. The van der Waals surface area contributed by atoms with Crippen LogP contribution in [0.15, 0.2) is 97.2 Å². The van der Waals surface area contributed by atoms with Crippen LogP contribution in [0, 0.1) is 0 Å². The number of nitrogens with zero attached hydrogens (tertiary/aromatic N) is 1. The van der Waals surface area contributed by atoms with Crippen molar-refractivity contribution in [3.8, 4) is 16.9 Å². The van der Waals surface area contributed by atoms with Crippen molar-refractivity contribution in [3.63, 3.8) is 0 Å². The Balaban J connectivity index is 1.22. The van der Waals surface area contributed by atoms with Crippen molar-refractivity contribution >= 4 is 33.4 Å². The summed E-state index contributed by atoms with van der Waals surface area (Å²) in [4.78, 5) is 29.9. The summed E-state index contributed by atoms with van der Waals surface area (Å²) in [6, 6.07) is 28.4. The van der Waals surface area contributed by atoms with E-state index in [1.54, 1.807) is 37.4 Å². The summed E-state index contributed by atoms with van der Waals surface area (Å²) in [7, 11) is 0. The molecule has 0 bridgehead atoms. The van der Waals surface area contributed by atoms with E-state index < -0.39 is 6.04 Å². The highest BCUT2D eigenvalue weighted by molar-refractivity contribution is 5.99. The van der Waals surface area contributed by atoms with Crippen molar-refractivity contribution in [2.24, 2.45) is 0 Å². The zero-order valence-electron chi connectivity index (χ0n) is 20.6. The first kappa shape index (κ1) is 24.2. The zero-order valence-corrected chi connectivity index (χ0v) is 20.6. The number of carbonyl (C=O) groups is 2. The Morgan fingerprint density at radius 1 is 0.865 bits per heavy atom. The van der Waals surface area contributed by atoms with Crippen LogP contribution in [0.5, 0.6) is 5.75 Å². The molecule has 0 spiro atoms. The van der Waals surface area contributed by atoms with E-state index in [4.69, 9.17) is 0 Å². The summed E-state index contributed by atoms with van der Waals surface area (Å²) in [5, 5.41) is 16.5. The second-order valence-electron chi connectivity index (χ2n) is 9.30.